The molecule has 18 heavy (non-hydrogen) atoms. The third kappa shape index (κ3) is 1.88. The topological polar surface area (TPSA) is 50.1 Å². The van der Waals surface area contributed by atoms with Gasteiger partial charge in [0.1, 0.15) is 5.75 Å². The standard InChI is InChI=1S/C14H13N3O/c1-17-14-7-4-12(8-10(14)9-15-17)16-11-2-5-13(18)6-3-11/h2-9,16,18H,1H3. The predicted molar refractivity (Wildman–Crippen MR) is 72.1 cm³/mol. The second-order valence-corrected chi connectivity index (χ2v) is 4.21. The van der Waals surface area contributed by atoms with Gasteiger partial charge in [0.05, 0.1) is 11.7 Å². The van der Waals surface area contributed by atoms with E-state index in [0.717, 1.165) is 22.3 Å². The molecule has 4 nitrogen and oxygen atoms in total. The number of aromatic hydroxyl groups is 1. The Morgan fingerprint density at radius 3 is 2.56 bits per heavy atom. The lowest BCUT2D eigenvalue weighted by molar-refractivity contribution is 0.475. The lowest BCUT2D eigenvalue weighted by Crippen LogP contribution is -1.91. The van der Waals surface area contributed by atoms with Crippen molar-refractivity contribution in [1.82, 2.24) is 9.78 Å². The largest absolute Gasteiger partial charge is 0.508 e. The van der Waals surface area contributed by atoms with E-state index in [1.807, 2.05) is 42.2 Å². The van der Waals surface area contributed by atoms with Crippen LogP contribution in [0.4, 0.5) is 11.4 Å². The summed E-state index contributed by atoms with van der Waals surface area (Å²) in [5.41, 5.74) is 3.04. The molecule has 2 N–H and O–H groups in total. The maximum absolute atomic E-state index is 9.23. The molecule has 0 bridgehead atoms. The summed E-state index contributed by atoms with van der Waals surface area (Å²) in [5.74, 6) is 0.267. The number of nitrogens with one attached hydrogen (secondary N) is 1. The molecule has 4 heteroatoms. The molecule has 0 atom stereocenters. The number of hydrogen-bond acceptors (Lipinski definition) is 3. The number of hydrogen-bond donors (Lipinski definition) is 2. The molecule has 0 saturated heterocycles. The Morgan fingerprint density at radius 1 is 1.06 bits per heavy atom. The van der Waals surface area contributed by atoms with Gasteiger partial charge < -0.3 is 10.4 Å². The SMILES string of the molecule is Cn1ncc2cc(Nc3ccc(O)cc3)ccc21. The number of phenols is 1. The smallest absolute Gasteiger partial charge is 0.115 e. The van der Waals surface area contributed by atoms with Gasteiger partial charge in [0, 0.05) is 23.8 Å². The molecule has 1 aromatic heterocycles. The van der Waals surface area contributed by atoms with Crippen LogP contribution in [-0.2, 0) is 7.05 Å². The summed E-state index contributed by atoms with van der Waals surface area (Å²) in [4.78, 5) is 0. The zero-order valence-corrected chi connectivity index (χ0v) is 9.96. The van der Waals surface area contributed by atoms with E-state index in [4.69, 9.17) is 0 Å². The molecule has 0 aliphatic heterocycles. The van der Waals surface area contributed by atoms with E-state index < -0.39 is 0 Å². The number of aromatic nitrogens is 2. The first-order valence-corrected chi connectivity index (χ1v) is 5.70. The maximum Gasteiger partial charge on any atom is 0.115 e. The molecule has 0 saturated carbocycles. The van der Waals surface area contributed by atoms with Gasteiger partial charge in [0.2, 0.25) is 0 Å². The monoisotopic (exact) mass is 239 g/mol. The lowest BCUT2D eigenvalue weighted by Gasteiger charge is -2.06. The molecule has 3 rings (SSSR count). The number of anilines is 2. The summed E-state index contributed by atoms with van der Waals surface area (Å²) in [6, 6.07) is 13.1. The van der Waals surface area contributed by atoms with Gasteiger partial charge in [-0.3, -0.25) is 4.68 Å². The van der Waals surface area contributed by atoms with Crippen LogP contribution in [0.15, 0.2) is 48.7 Å². The Bertz CT molecular complexity index is 686. The highest BCUT2D eigenvalue weighted by molar-refractivity contribution is 5.83. The molecule has 0 unspecified atom stereocenters. The predicted octanol–water partition coefficient (Wildman–Crippen LogP) is 3.02. The zero-order chi connectivity index (χ0) is 12.5. The number of nitrogens with zero attached hydrogens (tertiary/aromatic N) is 2. The number of aryl methyl sites for hydroxylation is 1. The van der Waals surface area contributed by atoms with E-state index in [-0.39, 0.29) is 5.75 Å². The summed E-state index contributed by atoms with van der Waals surface area (Å²) < 4.78 is 1.85. The Balaban J connectivity index is 1.92. The Labute approximate surface area is 104 Å². The van der Waals surface area contributed by atoms with Crippen molar-refractivity contribution in [2.24, 2.45) is 7.05 Å². The lowest BCUT2D eigenvalue weighted by atomic mass is 10.2. The van der Waals surface area contributed by atoms with Crippen LogP contribution in [0.2, 0.25) is 0 Å². The van der Waals surface area contributed by atoms with E-state index in [1.54, 1.807) is 12.1 Å². The summed E-state index contributed by atoms with van der Waals surface area (Å²) in [7, 11) is 1.93. The molecule has 0 spiro atoms. The quantitative estimate of drug-likeness (QED) is 0.676. The number of phenolic OH excluding ortho intramolecular Hbond substituents is 1. The van der Waals surface area contributed by atoms with E-state index in [0.29, 0.717) is 0 Å². The molecule has 1 heterocycles. The van der Waals surface area contributed by atoms with Gasteiger partial charge in [0.15, 0.2) is 0 Å². The highest BCUT2D eigenvalue weighted by atomic mass is 16.3. The Kier molecular flexibility index (Phi) is 2.41. The van der Waals surface area contributed by atoms with Crippen LogP contribution < -0.4 is 5.32 Å². The first-order chi connectivity index (χ1) is 8.72. The molecule has 0 radical (unpaired) electrons. The highest BCUT2D eigenvalue weighted by Gasteiger charge is 2.01. The fourth-order valence-corrected chi connectivity index (χ4v) is 1.95. The van der Waals surface area contributed by atoms with Crippen molar-refractivity contribution < 1.29 is 5.11 Å². The van der Waals surface area contributed by atoms with Crippen LogP contribution in [0.1, 0.15) is 0 Å². The van der Waals surface area contributed by atoms with Gasteiger partial charge in [-0.2, -0.15) is 5.10 Å². The third-order valence-electron chi connectivity index (χ3n) is 2.90. The zero-order valence-electron chi connectivity index (χ0n) is 9.96. The van der Waals surface area contributed by atoms with Crippen molar-refractivity contribution in [3.63, 3.8) is 0 Å². The fourth-order valence-electron chi connectivity index (χ4n) is 1.95. The summed E-state index contributed by atoms with van der Waals surface area (Å²) in [6.45, 7) is 0. The number of rotatable bonds is 2. The molecule has 0 aliphatic rings. The fraction of sp³-hybridized carbons (Fsp3) is 0.0714. The van der Waals surface area contributed by atoms with Crippen LogP contribution in [-0.4, -0.2) is 14.9 Å². The van der Waals surface area contributed by atoms with Crippen LogP contribution in [0.25, 0.3) is 10.9 Å². The average molecular weight is 239 g/mol. The molecule has 0 aliphatic carbocycles. The van der Waals surface area contributed by atoms with Crippen molar-refractivity contribution in [2.75, 3.05) is 5.32 Å². The van der Waals surface area contributed by atoms with Gasteiger partial charge >= 0.3 is 0 Å². The van der Waals surface area contributed by atoms with Gasteiger partial charge in [-0.15, -0.1) is 0 Å². The van der Waals surface area contributed by atoms with Crippen molar-refractivity contribution in [3.8, 4) is 5.75 Å². The second kappa shape index (κ2) is 4.07. The molecule has 90 valence electrons. The first-order valence-electron chi connectivity index (χ1n) is 5.70. The average Bonchev–Trinajstić information content (AvgIpc) is 2.74. The molecular formula is C14H13N3O. The van der Waals surface area contributed by atoms with Crippen molar-refractivity contribution in [3.05, 3.63) is 48.7 Å². The van der Waals surface area contributed by atoms with Gasteiger partial charge in [-0.25, -0.2) is 0 Å². The van der Waals surface area contributed by atoms with Gasteiger partial charge in [-0.05, 0) is 42.5 Å². The molecular weight excluding hydrogens is 226 g/mol. The highest BCUT2D eigenvalue weighted by Crippen LogP contribution is 2.23. The molecule has 2 aromatic carbocycles. The van der Waals surface area contributed by atoms with Crippen molar-refractivity contribution >= 4 is 22.3 Å². The van der Waals surface area contributed by atoms with Crippen LogP contribution in [0.3, 0.4) is 0 Å². The van der Waals surface area contributed by atoms with Crippen LogP contribution >= 0.6 is 0 Å². The van der Waals surface area contributed by atoms with Gasteiger partial charge in [-0.1, -0.05) is 0 Å². The van der Waals surface area contributed by atoms with E-state index >= 15 is 0 Å². The van der Waals surface area contributed by atoms with Crippen LogP contribution in [0, 0.1) is 0 Å². The number of fused-ring (bicyclic) bond motifs is 1. The minimum atomic E-state index is 0.267. The molecule has 0 amide bonds. The minimum Gasteiger partial charge on any atom is -0.508 e. The van der Waals surface area contributed by atoms with E-state index in [9.17, 15) is 5.11 Å². The van der Waals surface area contributed by atoms with Crippen molar-refractivity contribution in [1.29, 1.82) is 0 Å². The summed E-state index contributed by atoms with van der Waals surface area (Å²) >= 11 is 0. The summed E-state index contributed by atoms with van der Waals surface area (Å²) in [5, 5.41) is 17.8. The normalized spacial score (nSPS) is 10.7. The van der Waals surface area contributed by atoms with Gasteiger partial charge in [0.25, 0.3) is 0 Å². The molecule has 3 aromatic rings. The van der Waals surface area contributed by atoms with Crippen molar-refractivity contribution in [2.45, 2.75) is 0 Å². The number of benzene rings is 2. The second-order valence-electron chi connectivity index (χ2n) is 4.21. The maximum atomic E-state index is 9.23. The minimum absolute atomic E-state index is 0.267. The third-order valence-corrected chi connectivity index (χ3v) is 2.90. The van der Waals surface area contributed by atoms with E-state index in [1.165, 1.54) is 0 Å². The Hall–Kier alpha value is -2.49. The summed E-state index contributed by atoms with van der Waals surface area (Å²) in [6.07, 6.45) is 1.84. The Morgan fingerprint density at radius 2 is 1.78 bits per heavy atom. The first kappa shape index (κ1) is 10.7. The van der Waals surface area contributed by atoms with Crippen LogP contribution in [0.5, 0.6) is 5.75 Å². The molecule has 0 fully saturated rings. The van der Waals surface area contributed by atoms with E-state index in [2.05, 4.69) is 16.5 Å².